The maximum absolute atomic E-state index is 13.9. The number of rotatable bonds is 24. The van der Waals surface area contributed by atoms with E-state index in [0.29, 0.717) is 74.5 Å². The summed E-state index contributed by atoms with van der Waals surface area (Å²) >= 11 is 0. The SMILES string of the molecule is CCCCC(CC)COCCOc1cccc(Oc2c(N)c3c(c(N)c2Oc2cccc(OCCOCC(CC)CCCC)c2)C(=O)c2ccccc2C3=O)c1. The molecule has 2 unspecified atom stereocenters. The van der Waals surface area contributed by atoms with E-state index in [1.165, 1.54) is 25.7 Å². The molecule has 0 saturated carbocycles. The van der Waals surface area contributed by atoms with Crippen LogP contribution in [-0.2, 0) is 9.47 Å². The first kappa shape index (κ1) is 42.1. The molecule has 4 aromatic rings. The van der Waals surface area contributed by atoms with Crippen LogP contribution in [-0.4, -0.2) is 51.2 Å². The molecule has 1 aliphatic carbocycles. The minimum absolute atomic E-state index is 0.00627. The van der Waals surface area contributed by atoms with Crippen molar-refractivity contribution < 1.29 is 38.0 Å². The maximum Gasteiger partial charge on any atom is 0.196 e. The van der Waals surface area contributed by atoms with Crippen molar-refractivity contribution in [3.8, 4) is 34.5 Å². The fourth-order valence-corrected chi connectivity index (χ4v) is 6.79. The molecule has 300 valence electrons. The summed E-state index contributed by atoms with van der Waals surface area (Å²) < 4.78 is 36.6. The van der Waals surface area contributed by atoms with Gasteiger partial charge in [0.05, 0.1) is 35.7 Å². The van der Waals surface area contributed by atoms with Gasteiger partial charge in [0, 0.05) is 36.5 Å². The van der Waals surface area contributed by atoms with Crippen LogP contribution in [0.5, 0.6) is 34.5 Å². The molecule has 10 heteroatoms. The van der Waals surface area contributed by atoms with Gasteiger partial charge in [-0.05, 0) is 48.9 Å². The number of nitrogens with two attached hydrogens (primary N) is 2. The highest BCUT2D eigenvalue weighted by molar-refractivity contribution is 6.32. The Kier molecular flexibility index (Phi) is 16.0. The van der Waals surface area contributed by atoms with Crippen molar-refractivity contribution in [3.05, 3.63) is 95.1 Å². The third-order valence-corrected chi connectivity index (χ3v) is 10.2. The largest absolute Gasteiger partial charge is 0.491 e. The molecular formula is C46H58N2O8. The maximum atomic E-state index is 13.9. The number of ketones is 2. The van der Waals surface area contributed by atoms with Gasteiger partial charge in [-0.15, -0.1) is 0 Å². The van der Waals surface area contributed by atoms with Gasteiger partial charge in [0.2, 0.25) is 0 Å². The first-order valence-corrected chi connectivity index (χ1v) is 20.2. The second kappa shape index (κ2) is 21.3. The zero-order valence-corrected chi connectivity index (χ0v) is 33.4. The molecule has 1 aliphatic rings. The molecule has 0 amide bonds. The van der Waals surface area contributed by atoms with E-state index in [1.54, 1.807) is 60.7 Å². The van der Waals surface area contributed by atoms with Gasteiger partial charge in [0.15, 0.2) is 23.1 Å². The van der Waals surface area contributed by atoms with Gasteiger partial charge in [-0.25, -0.2) is 0 Å². The Labute approximate surface area is 331 Å². The van der Waals surface area contributed by atoms with Crippen molar-refractivity contribution >= 4 is 22.9 Å². The Bertz CT molecular complexity index is 1770. The number of hydrogen-bond acceptors (Lipinski definition) is 10. The van der Waals surface area contributed by atoms with Crippen LogP contribution >= 0.6 is 0 Å². The molecule has 4 aromatic carbocycles. The van der Waals surface area contributed by atoms with Crippen LogP contribution in [0.25, 0.3) is 0 Å². The summed E-state index contributed by atoms with van der Waals surface area (Å²) in [5, 5.41) is 0. The van der Waals surface area contributed by atoms with Crippen LogP contribution in [0.2, 0.25) is 0 Å². The van der Waals surface area contributed by atoms with E-state index in [-0.39, 0.29) is 45.1 Å². The number of carbonyl (C=O) groups is 2. The van der Waals surface area contributed by atoms with Crippen LogP contribution in [0, 0.1) is 11.8 Å². The highest BCUT2D eigenvalue weighted by atomic mass is 16.5. The molecule has 56 heavy (non-hydrogen) atoms. The number of nitrogen functional groups attached to an aromatic ring is 2. The average molecular weight is 767 g/mol. The summed E-state index contributed by atoms with van der Waals surface area (Å²) in [6.07, 6.45) is 9.25. The lowest BCUT2D eigenvalue weighted by atomic mass is 9.82. The number of unbranched alkanes of at least 4 members (excludes halogenated alkanes) is 2. The number of anilines is 2. The topological polar surface area (TPSA) is 142 Å². The summed E-state index contributed by atoms with van der Waals surface area (Å²) in [5.74, 6) is 2.04. The first-order valence-electron chi connectivity index (χ1n) is 20.2. The zero-order chi connectivity index (χ0) is 39.9. The van der Waals surface area contributed by atoms with Gasteiger partial charge in [-0.2, -0.15) is 0 Å². The smallest absolute Gasteiger partial charge is 0.196 e. The summed E-state index contributed by atoms with van der Waals surface area (Å²) in [7, 11) is 0. The van der Waals surface area contributed by atoms with Crippen LogP contribution in [0.15, 0.2) is 72.8 Å². The van der Waals surface area contributed by atoms with Crippen molar-refractivity contribution in [1.29, 1.82) is 0 Å². The second-order valence-electron chi connectivity index (χ2n) is 14.3. The molecule has 0 aliphatic heterocycles. The van der Waals surface area contributed by atoms with E-state index in [1.807, 2.05) is 12.1 Å². The van der Waals surface area contributed by atoms with Gasteiger partial charge in [0.25, 0.3) is 0 Å². The quantitative estimate of drug-likeness (QED) is 0.0460. The van der Waals surface area contributed by atoms with E-state index in [0.717, 1.165) is 25.7 Å². The zero-order valence-electron chi connectivity index (χ0n) is 33.4. The molecule has 2 atom stereocenters. The van der Waals surface area contributed by atoms with E-state index < -0.39 is 11.6 Å². The van der Waals surface area contributed by atoms with Gasteiger partial charge >= 0.3 is 0 Å². The third kappa shape index (κ3) is 10.8. The Balaban J connectivity index is 1.36. The lowest BCUT2D eigenvalue weighted by Crippen LogP contribution is -2.24. The average Bonchev–Trinajstić information content (AvgIpc) is 3.21. The van der Waals surface area contributed by atoms with Crippen molar-refractivity contribution in [2.24, 2.45) is 11.8 Å². The Hall–Kier alpha value is -5.06. The number of benzene rings is 4. The van der Waals surface area contributed by atoms with Crippen molar-refractivity contribution in [2.45, 2.75) is 79.1 Å². The monoisotopic (exact) mass is 766 g/mol. The van der Waals surface area contributed by atoms with Gasteiger partial charge in [-0.1, -0.05) is 103 Å². The fourth-order valence-electron chi connectivity index (χ4n) is 6.79. The predicted molar refractivity (Wildman–Crippen MR) is 221 cm³/mol. The predicted octanol–water partition coefficient (Wildman–Crippen LogP) is 10.4. The van der Waals surface area contributed by atoms with Crippen LogP contribution in [0.1, 0.15) is 111 Å². The lowest BCUT2D eigenvalue weighted by molar-refractivity contribution is 0.0699. The molecule has 0 bridgehead atoms. The fraction of sp³-hybridized carbons (Fsp3) is 0.435. The number of ether oxygens (including phenoxy) is 6. The van der Waals surface area contributed by atoms with Crippen LogP contribution in [0.3, 0.4) is 0 Å². The number of carbonyl (C=O) groups excluding carboxylic acids is 2. The van der Waals surface area contributed by atoms with Crippen molar-refractivity contribution in [2.75, 3.05) is 51.1 Å². The summed E-state index contributed by atoms with van der Waals surface area (Å²) in [6.45, 7) is 11.8. The Morgan fingerprint density at radius 3 is 1.34 bits per heavy atom. The van der Waals surface area contributed by atoms with Crippen molar-refractivity contribution in [3.63, 3.8) is 0 Å². The first-order chi connectivity index (χ1) is 27.3. The second-order valence-corrected chi connectivity index (χ2v) is 14.3. The minimum atomic E-state index is -0.430. The highest BCUT2D eigenvalue weighted by Crippen LogP contribution is 2.50. The molecule has 0 aromatic heterocycles. The van der Waals surface area contributed by atoms with E-state index in [9.17, 15) is 9.59 Å². The molecule has 0 heterocycles. The van der Waals surface area contributed by atoms with E-state index in [2.05, 4.69) is 27.7 Å². The molecule has 0 spiro atoms. The molecule has 0 radical (unpaired) electrons. The minimum Gasteiger partial charge on any atom is -0.491 e. The number of hydrogen-bond donors (Lipinski definition) is 2. The molecule has 4 N–H and O–H groups in total. The summed E-state index contributed by atoms with van der Waals surface area (Å²) in [4.78, 5) is 27.8. The van der Waals surface area contributed by atoms with Crippen molar-refractivity contribution in [1.82, 2.24) is 0 Å². The van der Waals surface area contributed by atoms with Gasteiger partial charge in [-0.3, -0.25) is 9.59 Å². The molecule has 0 fully saturated rings. The molecule has 5 rings (SSSR count). The van der Waals surface area contributed by atoms with Gasteiger partial charge < -0.3 is 39.9 Å². The Morgan fingerprint density at radius 1 is 0.536 bits per heavy atom. The van der Waals surface area contributed by atoms with Crippen LogP contribution < -0.4 is 30.4 Å². The normalized spacial score (nSPS) is 13.1. The van der Waals surface area contributed by atoms with E-state index >= 15 is 0 Å². The van der Waals surface area contributed by atoms with E-state index in [4.69, 9.17) is 39.9 Å². The summed E-state index contributed by atoms with van der Waals surface area (Å²) in [5.41, 5.74) is 13.8. The third-order valence-electron chi connectivity index (χ3n) is 10.2. The molecular weight excluding hydrogens is 709 g/mol. The van der Waals surface area contributed by atoms with Gasteiger partial charge in [0.1, 0.15) is 36.2 Å². The standard InChI is InChI=1S/C46H58N2O8/c1-5-9-15-31(7-3)29-51-23-25-53-33-17-13-19-35(27-33)55-45-41(47)39-40(44(50)38-22-12-11-21-37(38)43(39)49)42(48)46(45)56-36-20-14-18-34(28-36)54-26-24-52-30-32(8-4)16-10-6-2/h11-14,17-22,27-28,31-32H,5-10,15-16,23-26,29-30,47-48H2,1-4H3. The lowest BCUT2D eigenvalue weighted by Gasteiger charge is -2.25. The number of fused-ring (bicyclic) bond motifs is 2. The molecule has 10 nitrogen and oxygen atoms in total. The molecule has 0 saturated heterocycles. The van der Waals surface area contributed by atoms with Crippen LogP contribution in [0.4, 0.5) is 11.4 Å². The highest BCUT2D eigenvalue weighted by Gasteiger charge is 2.37. The summed E-state index contributed by atoms with van der Waals surface area (Å²) in [6, 6.07) is 20.7. The Morgan fingerprint density at radius 2 is 0.946 bits per heavy atom.